The summed E-state index contributed by atoms with van der Waals surface area (Å²) in [7, 11) is -0.970. The number of hydrogen-bond donors (Lipinski definition) is 0. The fourth-order valence-corrected chi connectivity index (χ4v) is 3.68. The van der Waals surface area contributed by atoms with Gasteiger partial charge in [-0.2, -0.15) is 27.8 Å². The Morgan fingerprint density at radius 2 is 1.28 bits per heavy atom. The molecule has 0 fully saturated rings. The van der Waals surface area contributed by atoms with E-state index >= 15 is 0 Å². The van der Waals surface area contributed by atoms with Crippen LogP contribution in [0.3, 0.4) is 0 Å². The van der Waals surface area contributed by atoms with Crippen molar-refractivity contribution in [1.29, 1.82) is 0 Å². The van der Waals surface area contributed by atoms with Gasteiger partial charge in [0, 0.05) is 8.07 Å². The van der Waals surface area contributed by atoms with E-state index in [4.69, 9.17) is 0 Å². The van der Waals surface area contributed by atoms with Crippen LogP contribution in [0.15, 0.2) is 0 Å². The molecule has 1 aromatic carbocycles. The maximum atomic E-state index is 2.45. The predicted octanol–water partition coefficient (Wildman–Crippen LogP) is 5.41. The summed E-state index contributed by atoms with van der Waals surface area (Å²) in [6.07, 6.45) is 0. The third kappa shape index (κ3) is 5.95. The Kier molecular flexibility index (Phi) is 13.7. The molecule has 0 aliphatic heterocycles. The molecule has 0 radical (unpaired) electrons. The smallest absolute Gasteiger partial charge is 0.358 e. The van der Waals surface area contributed by atoms with Crippen molar-refractivity contribution in [3.8, 4) is 0 Å². The van der Waals surface area contributed by atoms with Crippen LogP contribution in [0.2, 0.25) is 19.6 Å². The zero-order valence-electron chi connectivity index (χ0n) is 14.2. The minimum absolute atomic E-state index is 0. The zero-order chi connectivity index (χ0) is 11.1. The topological polar surface area (TPSA) is 0 Å². The van der Waals surface area contributed by atoms with Crippen LogP contribution in [-0.2, 0) is 27.8 Å². The molecular weight excluding hydrogens is 268 g/mol. The van der Waals surface area contributed by atoms with Crippen LogP contribution >= 0.6 is 0 Å². The van der Waals surface area contributed by atoms with E-state index in [-0.39, 0.29) is 44.0 Å². The van der Waals surface area contributed by atoms with E-state index in [0.29, 0.717) is 0 Å². The summed E-state index contributed by atoms with van der Waals surface area (Å²) in [5.41, 5.74) is 7.75. The molecule has 0 amide bonds. The van der Waals surface area contributed by atoms with E-state index in [1.165, 1.54) is 17.2 Å². The van der Waals surface area contributed by atoms with E-state index in [0.717, 1.165) is 0 Å². The summed E-state index contributed by atoms with van der Waals surface area (Å²) >= 11 is 0. The van der Waals surface area contributed by atoms with Gasteiger partial charge in [-0.3, -0.25) is 0 Å². The average molecular weight is 300 g/mol. The summed E-state index contributed by atoms with van der Waals surface area (Å²) in [5, 5.41) is 0. The largest absolute Gasteiger partial charge is 4.00 e. The molecule has 0 saturated heterocycles. The van der Waals surface area contributed by atoms with Crippen LogP contribution in [0.1, 0.15) is 27.8 Å². The first-order valence-electron chi connectivity index (χ1n) is 5.46. The van der Waals surface area contributed by atoms with E-state index in [2.05, 4.69) is 47.3 Å². The Hall–Kier alpha value is 0.281. The molecule has 0 aromatic heterocycles. The van der Waals surface area contributed by atoms with Crippen LogP contribution in [0, 0.1) is 50.0 Å². The fraction of sp³-hybridized carbons (Fsp3) is 0.500. The van der Waals surface area contributed by atoms with Gasteiger partial charge in [-0.1, -0.05) is 53.4 Å². The minimum Gasteiger partial charge on any atom is -0.358 e. The maximum Gasteiger partial charge on any atom is 4.00 e. The Labute approximate surface area is 133 Å². The second kappa shape index (κ2) is 9.23. The standard InChI is InChI=1S/C13H23Si.3CH3.Ti/c1-9-10(2)12(4)13(11(9)3)8-14(5,6)7;;;;/h8H2,1-7H3;3*1H3;/q4*-1;+4. The van der Waals surface area contributed by atoms with Crippen molar-refractivity contribution in [3.63, 3.8) is 0 Å². The Morgan fingerprint density at radius 3 is 1.50 bits per heavy atom. The molecule has 104 valence electrons. The van der Waals surface area contributed by atoms with Gasteiger partial charge in [0.05, 0.1) is 0 Å². The molecule has 0 heterocycles. The first-order valence-corrected chi connectivity index (χ1v) is 9.16. The first-order chi connectivity index (χ1) is 6.24. The monoisotopic (exact) mass is 300 g/mol. The van der Waals surface area contributed by atoms with Gasteiger partial charge in [0.1, 0.15) is 0 Å². The van der Waals surface area contributed by atoms with Crippen LogP contribution in [-0.4, -0.2) is 8.07 Å². The van der Waals surface area contributed by atoms with Crippen molar-refractivity contribution in [2.24, 2.45) is 0 Å². The van der Waals surface area contributed by atoms with Gasteiger partial charge >= 0.3 is 21.7 Å². The predicted molar refractivity (Wildman–Crippen MR) is 87.3 cm³/mol. The number of hydrogen-bond acceptors (Lipinski definition) is 0. The van der Waals surface area contributed by atoms with Crippen LogP contribution < -0.4 is 0 Å². The third-order valence-electron chi connectivity index (χ3n) is 3.30. The molecule has 0 nitrogen and oxygen atoms in total. The van der Waals surface area contributed by atoms with Crippen molar-refractivity contribution in [3.05, 3.63) is 50.1 Å². The van der Waals surface area contributed by atoms with Crippen molar-refractivity contribution in [2.75, 3.05) is 0 Å². The van der Waals surface area contributed by atoms with Crippen LogP contribution in [0.25, 0.3) is 0 Å². The molecular formula is C16H32SiTi. The third-order valence-corrected chi connectivity index (χ3v) is 4.71. The fourth-order valence-electron chi connectivity index (χ4n) is 2.09. The van der Waals surface area contributed by atoms with E-state index < -0.39 is 8.07 Å². The molecule has 18 heavy (non-hydrogen) atoms. The van der Waals surface area contributed by atoms with Crippen LogP contribution in [0.4, 0.5) is 0 Å². The van der Waals surface area contributed by atoms with Crippen molar-refractivity contribution in [1.82, 2.24) is 0 Å². The van der Waals surface area contributed by atoms with E-state index in [1.807, 2.05) is 0 Å². The molecule has 0 atom stereocenters. The molecule has 0 spiro atoms. The van der Waals surface area contributed by atoms with Crippen molar-refractivity contribution in [2.45, 2.75) is 53.4 Å². The van der Waals surface area contributed by atoms with Gasteiger partial charge in [0.2, 0.25) is 0 Å². The first kappa shape index (κ1) is 26.8. The molecule has 0 unspecified atom stereocenters. The van der Waals surface area contributed by atoms with Gasteiger partial charge in [-0.25, -0.2) is 0 Å². The Morgan fingerprint density at radius 1 is 0.889 bits per heavy atom. The molecule has 2 heteroatoms. The Balaban J connectivity index is -0.000000245. The zero-order valence-corrected chi connectivity index (χ0v) is 16.8. The van der Waals surface area contributed by atoms with Gasteiger partial charge in [0.25, 0.3) is 0 Å². The van der Waals surface area contributed by atoms with Crippen molar-refractivity contribution >= 4 is 8.07 Å². The summed E-state index contributed by atoms with van der Waals surface area (Å²) in [5.74, 6) is 0. The molecule has 1 rings (SSSR count). The van der Waals surface area contributed by atoms with Gasteiger partial charge in [0.15, 0.2) is 0 Å². The average Bonchev–Trinajstić information content (AvgIpc) is 2.20. The van der Waals surface area contributed by atoms with Gasteiger partial charge < -0.3 is 22.3 Å². The normalized spacial score (nSPS) is 9.50. The van der Waals surface area contributed by atoms with E-state index in [1.54, 1.807) is 16.7 Å². The summed E-state index contributed by atoms with van der Waals surface area (Å²) in [6, 6.07) is 1.33. The quantitative estimate of drug-likeness (QED) is 0.506. The van der Waals surface area contributed by atoms with Crippen molar-refractivity contribution < 1.29 is 21.7 Å². The second-order valence-corrected chi connectivity index (χ2v) is 11.2. The maximum absolute atomic E-state index is 2.45. The summed E-state index contributed by atoms with van der Waals surface area (Å²) in [4.78, 5) is 0. The summed E-state index contributed by atoms with van der Waals surface area (Å²) in [6.45, 7) is 16.4. The summed E-state index contributed by atoms with van der Waals surface area (Å²) < 4.78 is 0. The molecule has 0 N–H and O–H groups in total. The molecule has 0 bridgehead atoms. The molecule has 1 aromatic rings. The minimum atomic E-state index is -0.970. The molecule has 0 aliphatic carbocycles. The van der Waals surface area contributed by atoms with Crippen LogP contribution in [0.5, 0.6) is 0 Å². The van der Waals surface area contributed by atoms with Gasteiger partial charge in [-0.05, 0) is 0 Å². The Bertz CT molecular complexity index is 317. The SMILES string of the molecule is Cc1c(C)c(C[Si](C)(C)C)[c-](C)c1C.[CH3-].[CH3-].[CH3-].[Ti+4]. The molecule has 0 saturated carbocycles. The number of rotatable bonds is 2. The second-order valence-electron chi connectivity index (χ2n) is 5.72. The van der Waals surface area contributed by atoms with Gasteiger partial charge in [-0.15, -0.1) is 0 Å². The van der Waals surface area contributed by atoms with E-state index in [9.17, 15) is 0 Å². The molecule has 0 aliphatic rings.